The highest BCUT2D eigenvalue weighted by molar-refractivity contribution is 6.10. The molecule has 0 saturated carbocycles. The number of hydrogen-bond donors (Lipinski definition) is 0. The Labute approximate surface area is 181 Å². The van der Waals surface area contributed by atoms with Crippen LogP contribution in [0.2, 0.25) is 0 Å². The Morgan fingerprint density at radius 1 is 0.581 bits per heavy atom. The summed E-state index contributed by atoms with van der Waals surface area (Å²) in [4.78, 5) is 0. The van der Waals surface area contributed by atoms with Gasteiger partial charge in [-0.25, -0.2) is 0 Å². The first-order valence-electron chi connectivity index (χ1n) is 10.9. The normalized spacial score (nSPS) is 12.0. The standard InChI is InChI=1S/C30H23N/c1-2-31-29-14-8-7-13-27(29)28-19-21(16-18-30(28)31)15-17-26-24-11-5-3-9-22(24)20-23-10-4-6-12-25(23)26/h3-20H,2H2,1H3/b17-15+. The highest BCUT2D eigenvalue weighted by atomic mass is 15.0. The third kappa shape index (κ3) is 2.85. The molecule has 6 rings (SSSR count). The molecular weight excluding hydrogens is 374 g/mol. The van der Waals surface area contributed by atoms with Crippen LogP contribution in [0.25, 0.3) is 55.5 Å². The lowest BCUT2D eigenvalue weighted by Gasteiger charge is -2.08. The number of hydrogen-bond acceptors (Lipinski definition) is 0. The highest BCUT2D eigenvalue weighted by Gasteiger charge is 2.09. The molecule has 0 radical (unpaired) electrons. The minimum absolute atomic E-state index is 0.973. The second-order valence-corrected chi connectivity index (χ2v) is 8.10. The highest BCUT2D eigenvalue weighted by Crippen LogP contribution is 2.32. The van der Waals surface area contributed by atoms with E-state index in [1.807, 2.05) is 0 Å². The van der Waals surface area contributed by atoms with E-state index in [0.29, 0.717) is 0 Å². The minimum atomic E-state index is 0.973. The van der Waals surface area contributed by atoms with Crippen LogP contribution in [0.1, 0.15) is 18.1 Å². The van der Waals surface area contributed by atoms with Gasteiger partial charge < -0.3 is 4.57 Å². The number of rotatable bonds is 3. The van der Waals surface area contributed by atoms with Gasteiger partial charge in [-0.1, -0.05) is 84.9 Å². The lowest BCUT2D eigenvalue weighted by Crippen LogP contribution is -1.92. The molecule has 148 valence electrons. The first kappa shape index (κ1) is 18.0. The second-order valence-electron chi connectivity index (χ2n) is 8.10. The van der Waals surface area contributed by atoms with E-state index in [4.69, 9.17) is 0 Å². The van der Waals surface area contributed by atoms with Gasteiger partial charge >= 0.3 is 0 Å². The maximum atomic E-state index is 2.40. The molecule has 1 nitrogen and oxygen atoms in total. The molecule has 0 bridgehead atoms. The molecule has 0 spiro atoms. The van der Waals surface area contributed by atoms with Crippen LogP contribution in [0, 0.1) is 0 Å². The van der Waals surface area contributed by atoms with Gasteiger partial charge in [-0.3, -0.25) is 0 Å². The summed E-state index contributed by atoms with van der Waals surface area (Å²) in [5.41, 5.74) is 5.12. The fraction of sp³-hybridized carbons (Fsp3) is 0.0667. The fourth-order valence-electron chi connectivity index (χ4n) is 4.92. The molecule has 0 unspecified atom stereocenters. The van der Waals surface area contributed by atoms with Crippen molar-refractivity contribution in [3.8, 4) is 0 Å². The summed E-state index contributed by atoms with van der Waals surface area (Å²) in [6.07, 6.45) is 4.54. The summed E-state index contributed by atoms with van der Waals surface area (Å²) in [6, 6.07) is 35.1. The molecule has 0 amide bonds. The van der Waals surface area contributed by atoms with Crippen molar-refractivity contribution in [2.45, 2.75) is 13.5 Å². The van der Waals surface area contributed by atoms with Crippen LogP contribution < -0.4 is 0 Å². The maximum Gasteiger partial charge on any atom is 0.0491 e. The third-order valence-corrected chi connectivity index (χ3v) is 6.37. The Hall–Kier alpha value is -3.84. The van der Waals surface area contributed by atoms with Gasteiger partial charge in [-0.15, -0.1) is 0 Å². The van der Waals surface area contributed by atoms with Crippen molar-refractivity contribution < 1.29 is 0 Å². The molecule has 0 aliphatic carbocycles. The maximum absolute atomic E-state index is 2.40. The number of benzene rings is 5. The molecule has 0 aliphatic rings. The van der Waals surface area contributed by atoms with E-state index in [1.54, 1.807) is 0 Å². The Bertz CT molecular complexity index is 1560. The van der Waals surface area contributed by atoms with Gasteiger partial charge in [0.1, 0.15) is 0 Å². The van der Waals surface area contributed by atoms with E-state index in [2.05, 4.69) is 121 Å². The summed E-state index contributed by atoms with van der Waals surface area (Å²) >= 11 is 0. The van der Waals surface area contributed by atoms with Gasteiger partial charge in [0.25, 0.3) is 0 Å². The number of aromatic nitrogens is 1. The zero-order chi connectivity index (χ0) is 20.8. The van der Waals surface area contributed by atoms with Gasteiger partial charge in [-0.2, -0.15) is 0 Å². The Kier molecular flexibility index (Phi) is 4.14. The number of aryl methyl sites for hydroxylation is 1. The average molecular weight is 398 g/mol. The van der Waals surface area contributed by atoms with Gasteiger partial charge in [0.05, 0.1) is 0 Å². The number of para-hydroxylation sites is 1. The number of fused-ring (bicyclic) bond motifs is 5. The molecule has 1 heterocycles. The Morgan fingerprint density at radius 2 is 1.19 bits per heavy atom. The van der Waals surface area contributed by atoms with Gasteiger partial charge in [0.15, 0.2) is 0 Å². The van der Waals surface area contributed by atoms with Crippen molar-refractivity contribution in [1.29, 1.82) is 0 Å². The smallest absolute Gasteiger partial charge is 0.0491 e. The van der Waals surface area contributed by atoms with Crippen molar-refractivity contribution in [2.75, 3.05) is 0 Å². The van der Waals surface area contributed by atoms with Gasteiger partial charge in [-0.05, 0) is 63.9 Å². The van der Waals surface area contributed by atoms with Crippen molar-refractivity contribution in [3.63, 3.8) is 0 Å². The molecule has 0 saturated heterocycles. The Balaban J connectivity index is 1.55. The molecule has 31 heavy (non-hydrogen) atoms. The topological polar surface area (TPSA) is 4.93 Å². The Morgan fingerprint density at radius 3 is 1.90 bits per heavy atom. The zero-order valence-electron chi connectivity index (χ0n) is 17.5. The van der Waals surface area contributed by atoms with Gasteiger partial charge in [0.2, 0.25) is 0 Å². The van der Waals surface area contributed by atoms with Crippen LogP contribution in [-0.2, 0) is 6.54 Å². The summed E-state index contributed by atoms with van der Waals surface area (Å²) in [7, 11) is 0. The average Bonchev–Trinajstić information content (AvgIpc) is 3.14. The van der Waals surface area contributed by atoms with Crippen LogP contribution in [-0.4, -0.2) is 4.57 Å². The molecule has 0 aliphatic heterocycles. The monoisotopic (exact) mass is 397 g/mol. The number of nitrogens with zero attached hydrogens (tertiary/aromatic N) is 1. The first-order valence-corrected chi connectivity index (χ1v) is 10.9. The summed E-state index contributed by atoms with van der Waals surface area (Å²) in [5.74, 6) is 0. The third-order valence-electron chi connectivity index (χ3n) is 6.37. The van der Waals surface area contributed by atoms with E-state index in [0.717, 1.165) is 6.54 Å². The van der Waals surface area contributed by atoms with E-state index in [1.165, 1.54) is 54.5 Å². The predicted molar refractivity (Wildman–Crippen MR) is 135 cm³/mol. The van der Waals surface area contributed by atoms with Crippen LogP contribution in [0.5, 0.6) is 0 Å². The summed E-state index contributed by atoms with van der Waals surface area (Å²) in [5, 5.41) is 7.79. The van der Waals surface area contributed by atoms with Crippen molar-refractivity contribution in [2.24, 2.45) is 0 Å². The van der Waals surface area contributed by atoms with Crippen LogP contribution in [0.15, 0.2) is 97.1 Å². The molecule has 1 heteroatoms. The van der Waals surface area contributed by atoms with Crippen LogP contribution in [0.3, 0.4) is 0 Å². The second kappa shape index (κ2) is 7.14. The van der Waals surface area contributed by atoms with Crippen LogP contribution >= 0.6 is 0 Å². The minimum Gasteiger partial charge on any atom is -0.341 e. The molecule has 6 aromatic rings. The van der Waals surface area contributed by atoms with Crippen molar-refractivity contribution in [1.82, 2.24) is 4.57 Å². The van der Waals surface area contributed by atoms with E-state index < -0.39 is 0 Å². The van der Waals surface area contributed by atoms with E-state index >= 15 is 0 Å². The predicted octanol–water partition coefficient (Wildman–Crippen LogP) is 8.29. The molecule has 0 atom stereocenters. The summed E-state index contributed by atoms with van der Waals surface area (Å²) in [6.45, 7) is 3.19. The lowest BCUT2D eigenvalue weighted by atomic mass is 9.96. The fourth-order valence-corrected chi connectivity index (χ4v) is 4.92. The largest absolute Gasteiger partial charge is 0.341 e. The SMILES string of the molecule is CCn1c2ccccc2c2cc(/C=C/c3c4ccccc4cc4ccccc34)ccc21. The van der Waals surface area contributed by atoms with Crippen molar-refractivity contribution in [3.05, 3.63) is 108 Å². The quantitative estimate of drug-likeness (QED) is 0.209. The molecule has 0 fully saturated rings. The van der Waals surface area contributed by atoms with Gasteiger partial charge in [0, 0.05) is 28.4 Å². The molecular formula is C30H23N. The van der Waals surface area contributed by atoms with Crippen molar-refractivity contribution >= 4 is 55.5 Å². The molecule has 1 aromatic heterocycles. The van der Waals surface area contributed by atoms with Crippen LogP contribution in [0.4, 0.5) is 0 Å². The van der Waals surface area contributed by atoms with E-state index in [9.17, 15) is 0 Å². The lowest BCUT2D eigenvalue weighted by molar-refractivity contribution is 0.827. The van der Waals surface area contributed by atoms with E-state index in [-0.39, 0.29) is 0 Å². The summed E-state index contributed by atoms with van der Waals surface area (Å²) < 4.78 is 2.40. The first-order chi connectivity index (χ1) is 15.3. The molecule has 5 aromatic carbocycles. The molecule has 0 N–H and O–H groups in total. The zero-order valence-corrected chi connectivity index (χ0v) is 17.5.